The van der Waals surface area contributed by atoms with Crippen molar-refractivity contribution in [3.63, 3.8) is 0 Å². The first-order valence-electron chi connectivity index (χ1n) is 7.33. The van der Waals surface area contributed by atoms with Gasteiger partial charge in [-0.3, -0.25) is 4.68 Å². The van der Waals surface area contributed by atoms with E-state index >= 15 is 0 Å². The molecular formula is C15H21N5. The van der Waals surface area contributed by atoms with E-state index in [1.165, 1.54) is 29.7 Å². The number of fused-ring (bicyclic) bond motifs is 1. The Bertz CT molecular complexity index is 535. The molecule has 0 spiro atoms. The van der Waals surface area contributed by atoms with E-state index in [4.69, 9.17) is 0 Å². The third kappa shape index (κ3) is 3.17. The fourth-order valence-electron chi connectivity index (χ4n) is 2.67. The Kier molecular flexibility index (Phi) is 4.28. The maximum absolute atomic E-state index is 3.96. The molecule has 1 aliphatic rings. The normalized spacial score (nSPS) is 13.8. The predicted molar refractivity (Wildman–Crippen MR) is 79.6 cm³/mol. The summed E-state index contributed by atoms with van der Waals surface area (Å²) in [4.78, 5) is 0. The first-order valence-corrected chi connectivity index (χ1v) is 7.33. The molecule has 2 N–H and O–H groups in total. The highest BCUT2D eigenvalue weighted by atomic mass is 15.4. The highest BCUT2D eigenvalue weighted by Crippen LogP contribution is 2.25. The van der Waals surface area contributed by atoms with Crippen LogP contribution in [-0.4, -0.2) is 28.1 Å². The second kappa shape index (κ2) is 6.52. The van der Waals surface area contributed by atoms with Crippen LogP contribution < -0.4 is 10.6 Å². The molecule has 0 radical (unpaired) electrons. The number of aryl methyl sites for hydroxylation is 2. The quantitative estimate of drug-likeness (QED) is 0.787. The lowest BCUT2D eigenvalue weighted by molar-refractivity contribution is 0.530. The van der Waals surface area contributed by atoms with Gasteiger partial charge in [0.1, 0.15) is 0 Å². The van der Waals surface area contributed by atoms with Crippen LogP contribution in [0.25, 0.3) is 0 Å². The molecule has 1 aliphatic heterocycles. The minimum atomic E-state index is 0.915. The zero-order valence-electron chi connectivity index (χ0n) is 11.7. The van der Waals surface area contributed by atoms with Gasteiger partial charge in [-0.1, -0.05) is 23.4 Å². The molecule has 20 heavy (non-hydrogen) atoms. The SMILES string of the molecule is c1cc2c(c(CNCCCn3ccnn3)c1)NCCC2. The molecule has 3 rings (SSSR count). The summed E-state index contributed by atoms with van der Waals surface area (Å²) in [7, 11) is 0. The van der Waals surface area contributed by atoms with E-state index in [1.807, 2.05) is 10.9 Å². The van der Waals surface area contributed by atoms with Crippen LogP contribution in [0.2, 0.25) is 0 Å². The van der Waals surface area contributed by atoms with Gasteiger partial charge >= 0.3 is 0 Å². The molecule has 1 aromatic heterocycles. The maximum atomic E-state index is 3.96. The fourth-order valence-corrected chi connectivity index (χ4v) is 2.67. The molecular weight excluding hydrogens is 250 g/mol. The second-order valence-corrected chi connectivity index (χ2v) is 5.18. The minimum Gasteiger partial charge on any atom is -0.385 e. The highest BCUT2D eigenvalue weighted by molar-refractivity contribution is 5.59. The molecule has 2 heterocycles. The number of rotatable bonds is 6. The Hall–Kier alpha value is -1.88. The van der Waals surface area contributed by atoms with Crippen molar-refractivity contribution in [3.05, 3.63) is 41.7 Å². The smallest absolute Gasteiger partial charge is 0.0692 e. The van der Waals surface area contributed by atoms with E-state index in [0.29, 0.717) is 0 Å². The van der Waals surface area contributed by atoms with Crippen molar-refractivity contribution in [2.75, 3.05) is 18.4 Å². The van der Waals surface area contributed by atoms with Gasteiger partial charge in [0, 0.05) is 31.5 Å². The molecule has 0 atom stereocenters. The molecule has 1 aromatic carbocycles. The van der Waals surface area contributed by atoms with Crippen LogP contribution in [0, 0.1) is 0 Å². The molecule has 5 heteroatoms. The Labute approximate surface area is 119 Å². The lowest BCUT2D eigenvalue weighted by Gasteiger charge is -2.21. The van der Waals surface area contributed by atoms with Gasteiger partial charge in [-0.05, 0) is 36.9 Å². The maximum Gasteiger partial charge on any atom is 0.0692 e. The van der Waals surface area contributed by atoms with Crippen LogP contribution in [0.5, 0.6) is 0 Å². The van der Waals surface area contributed by atoms with Crippen molar-refractivity contribution in [1.29, 1.82) is 0 Å². The highest BCUT2D eigenvalue weighted by Gasteiger charge is 2.11. The third-order valence-electron chi connectivity index (χ3n) is 3.69. The van der Waals surface area contributed by atoms with Gasteiger partial charge in [0.05, 0.1) is 6.20 Å². The first kappa shape index (κ1) is 13.1. The van der Waals surface area contributed by atoms with Crippen LogP contribution >= 0.6 is 0 Å². The van der Waals surface area contributed by atoms with Gasteiger partial charge in [-0.2, -0.15) is 0 Å². The van der Waals surface area contributed by atoms with Gasteiger partial charge in [0.15, 0.2) is 0 Å². The Balaban J connectivity index is 1.46. The summed E-state index contributed by atoms with van der Waals surface area (Å²) in [5, 5.41) is 14.8. The molecule has 5 nitrogen and oxygen atoms in total. The van der Waals surface area contributed by atoms with Crippen LogP contribution in [-0.2, 0) is 19.5 Å². The number of benzene rings is 1. The van der Waals surface area contributed by atoms with Crippen molar-refractivity contribution in [2.45, 2.75) is 32.4 Å². The number of hydrogen-bond acceptors (Lipinski definition) is 4. The van der Waals surface area contributed by atoms with Crippen molar-refractivity contribution in [3.8, 4) is 0 Å². The summed E-state index contributed by atoms with van der Waals surface area (Å²) < 4.78 is 1.87. The fraction of sp³-hybridized carbons (Fsp3) is 0.467. The Morgan fingerprint density at radius 2 is 2.35 bits per heavy atom. The van der Waals surface area contributed by atoms with Crippen molar-refractivity contribution < 1.29 is 0 Å². The number of aromatic nitrogens is 3. The number of para-hydroxylation sites is 1. The third-order valence-corrected chi connectivity index (χ3v) is 3.69. The van der Waals surface area contributed by atoms with E-state index in [2.05, 4.69) is 39.1 Å². The summed E-state index contributed by atoms with van der Waals surface area (Å²) in [5.41, 5.74) is 4.18. The first-order chi connectivity index (χ1) is 9.93. The number of nitrogens with zero attached hydrogens (tertiary/aromatic N) is 3. The van der Waals surface area contributed by atoms with Gasteiger partial charge < -0.3 is 10.6 Å². The molecule has 0 unspecified atom stereocenters. The van der Waals surface area contributed by atoms with Gasteiger partial charge in [0.2, 0.25) is 0 Å². The topological polar surface area (TPSA) is 54.8 Å². The van der Waals surface area contributed by atoms with E-state index in [0.717, 1.165) is 32.6 Å². The lowest BCUT2D eigenvalue weighted by atomic mass is 9.99. The van der Waals surface area contributed by atoms with Crippen LogP contribution in [0.15, 0.2) is 30.6 Å². The zero-order valence-corrected chi connectivity index (χ0v) is 11.7. The number of nitrogens with one attached hydrogen (secondary N) is 2. The standard InChI is InChI=1S/C15H21N5/c1-4-13-6-2-8-17-15(13)14(5-1)12-16-7-3-10-20-11-9-18-19-20/h1,4-5,9,11,16-17H,2-3,6-8,10,12H2. The second-order valence-electron chi connectivity index (χ2n) is 5.18. The summed E-state index contributed by atoms with van der Waals surface area (Å²) in [6, 6.07) is 6.61. The largest absolute Gasteiger partial charge is 0.385 e. The molecule has 0 saturated carbocycles. The summed E-state index contributed by atoms with van der Waals surface area (Å²) in [6.07, 6.45) is 7.11. The number of hydrogen-bond donors (Lipinski definition) is 2. The average Bonchev–Trinajstić information content (AvgIpc) is 3.00. The monoisotopic (exact) mass is 271 g/mol. The van der Waals surface area contributed by atoms with E-state index in [-0.39, 0.29) is 0 Å². The molecule has 0 bridgehead atoms. The summed E-state index contributed by atoms with van der Waals surface area (Å²) in [6.45, 7) is 3.92. The molecule has 0 aliphatic carbocycles. The van der Waals surface area contributed by atoms with Crippen molar-refractivity contribution in [2.24, 2.45) is 0 Å². The van der Waals surface area contributed by atoms with Crippen LogP contribution in [0.4, 0.5) is 5.69 Å². The van der Waals surface area contributed by atoms with Crippen molar-refractivity contribution >= 4 is 5.69 Å². The molecule has 2 aromatic rings. The molecule has 0 amide bonds. The van der Waals surface area contributed by atoms with Gasteiger partial charge in [-0.15, -0.1) is 5.10 Å². The number of anilines is 1. The lowest BCUT2D eigenvalue weighted by Crippen LogP contribution is -2.20. The molecule has 106 valence electrons. The van der Waals surface area contributed by atoms with Crippen LogP contribution in [0.1, 0.15) is 24.0 Å². The van der Waals surface area contributed by atoms with Gasteiger partial charge in [0.25, 0.3) is 0 Å². The van der Waals surface area contributed by atoms with E-state index in [9.17, 15) is 0 Å². The molecule has 0 fully saturated rings. The van der Waals surface area contributed by atoms with Gasteiger partial charge in [-0.25, -0.2) is 0 Å². The Morgan fingerprint density at radius 3 is 3.25 bits per heavy atom. The van der Waals surface area contributed by atoms with Crippen LogP contribution in [0.3, 0.4) is 0 Å². The Morgan fingerprint density at radius 1 is 1.35 bits per heavy atom. The van der Waals surface area contributed by atoms with E-state index in [1.54, 1.807) is 6.20 Å². The average molecular weight is 271 g/mol. The summed E-state index contributed by atoms with van der Waals surface area (Å²) in [5.74, 6) is 0. The predicted octanol–water partition coefficient (Wildman–Crippen LogP) is 1.82. The van der Waals surface area contributed by atoms with E-state index < -0.39 is 0 Å². The summed E-state index contributed by atoms with van der Waals surface area (Å²) >= 11 is 0. The van der Waals surface area contributed by atoms with Crippen molar-refractivity contribution in [1.82, 2.24) is 20.3 Å². The zero-order chi connectivity index (χ0) is 13.6. The molecule has 0 saturated heterocycles. The minimum absolute atomic E-state index is 0.915.